The molecule has 10 heteroatoms. The number of aliphatic hydroxyl groups is 2. The second-order valence-corrected chi connectivity index (χ2v) is 4.45. The molecule has 0 aliphatic carbocycles. The molecule has 1 saturated heterocycles. The Morgan fingerprint density at radius 2 is 2.15 bits per heavy atom. The summed E-state index contributed by atoms with van der Waals surface area (Å²) in [7, 11) is 0. The fourth-order valence-corrected chi connectivity index (χ4v) is 2.10. The molecule has 2 heterocycles. The number of aromatic nitrogens is 2. The number of rotatable bonds is 3. The van der Waals surface area contributed by atoms with Gasteiger partial charge in [-0.2, -0.15) is 0 Å². The van der Waals surface area contributed by atoms with Crippen LogP contribution in [0.1, 0.15) is 11.8 Å². The molecule has 0 spiro atoms. The van der Waals surface area contributed by atoms with E-state index < -0.39 is 42.4 Å². The smallest absolute Gasteiger partial charge is 0.332 e. The third kappa shape index (κ3) is 2.13. The van der Waals surface area contributed by atoms with Crippen LogP contribution < -0.4 is 17.0 Å². The molecule has 10 nitrogen and oxygen atoms in total. The number of nitrogens with two attached hydrogens (primary N) is 1. The first-order valence-electron chi connectivity index (χ1n) is 5.77. The van der Waals surface area contributed by atoms with Gasteiger partial charge in [0.25, 0.3) is 5.56 Å². The monoisotopic (exact) mass is 289 g/mol. The summed E-state index contributed by atoms with van der Waals surface area (Å²) >= 11 is 0. The van der Waals surface area contributed by atoms with E-state index in [-0.39, 0.29) is 11.4 Å². The number of nitrogens with zero attached hydrogens (tertiary/aromatic N) is 1. The Balaban J connectivity index is 2.51. The average molecular weight is 289 g/mol. The molecule has 1 fully saturated rings. The van der Waals surface area contributed by atoms with Gasteiger partial charge in [-0.3, -0.25) is 15.0 Å². The van der Waals surface area contributed by atoms with E-state index in [0.717, 1.165) is 0 Å². The van der Waals surface area contributed by atoms with Gasteiger partial charge in [-0.15, -0.1) is 0 Å². The van der Waals surface area contributed by atoms with Crippen LogP contribution in [0.5, 0.6) is 0 Å². The molecule has 1 aromatic heterocycles. The van der Waals surface area contributed by atoms with Crippen molar-refractivity contribution in [3.8, 4) is 0 Å². The topological polar surface area (TPSA) is 160 Å². The normalized spacial score (nSPS) is 29.8. The van der Waals surface area contributed by atoms with Crippen LogP contribution >= 0.6 is 0 Å². The highest BCUT2D eigenvalue weighted by Crippen LogP contribution is 2.29. The van der Waals surface area contributed by atoms with E-state index in [0.29, 0.717) is 4.57 Å². The maximum Gasteiger partial charge on any atom is 0.332 e. The summed E-state index contributed by atoms with van der Waals surface area (Å²) < 4.78 is 5.81. The molecular formula is C10H15N3O7. The zero-order valence-corrected chi connectivity index (χ0v) is 10.5. The molecule has 0 bridgehead atoms. The molecule has 0 amide bonds. The summed E-state index contributed by atoms with van der Waals surface area (Å²) in [5.74, 6) is -0.0857. The van der Waals surface area contributed by atoms with Crippen molar-refractivity contribution in [3.63, 3.8) is 0 Å². The Bertz CT molecular complexity index is 610. The van der Waals surface area contributed by atoms with Crippen LogP contribution in [-0.2, 0) is 9.62 Å². The Labute approximate surface area is 111 Å². The van der Waals surface area contributed by atoms with Gasteiger partial charge in [-0.1, -0.05) is 0 Å². The molecule has 2 rings (SSSR count). The maximum atomic E-state index is 12.0. The number of nitrogens with one attached hydrogen (secondary N) is 1. The highest BCUT2D eigenvalue weighted by Gasteiger charge is 2.47. The lowest BCUT2D eigenvalue weighted by atomic mass is 10.1. The van der Waals surface area contributed by atoms with Crippen LogP contribution in [-0.4, -0.2) is 49.9 Å². The molecule has 1 aliphatic heterocycles. The van der Waals surface area contributed by atoms with E-state index in [4.69, 9.17) is 20.8 Å². The van der Waals surface area contributed by atoms with E-state index in [9.17, 15) is 14.7 Å². The van der Waals surface area contributed by atoms with Crippen molar-refractivity contribution in [3.05, 3.63) is 26.4 Å². The third-order valence-electron chi connectivity index (χ3n) is 3.27. The van der Waals surface area contributed by atoms with Gasteiger partial charge < -0.3 is 20.7 Å². The molecule has 6 N–H and O–H groups in total. The zero-order valence-electron chi connectivity index (χ0n) is 10.5. The second-order valence-electron chi connectivity index (χ2n) is 4.45. The summed E-state index contributed by atoms with van der Waals surface area (Å²) in [6, 6.07) is 0. The number of hydrogen-bond donors (Lipinski definition) is 5. The quantitative estimate of drug-likeness (QED) is 0.302. The molecular weight excluding hydrogens is 274 g/mol. The van der Waals surface area contributed by atoms with Crippen molar-refractivity contribution in [2.75, 3.05) is 12.3 Å². The minimum atomic E-state index is -1.51. The van der Waals surface area contributed by atoms with Gasteiger partial charge in [0, 0.05) is 0 Å². The van der Waals surface area contributed by atoms with Crippen LogP contribution in [0.25, 0.3) is 0 Å². The first kappa shape index (κ1) is 14.7. The van der Waals surface area contributed by atoms with Crippen molar-refractivity contribution in [1.82, 2.24) is 9.55 Å². The van der Waals surface area contributed by atoms with Crippen LogP contribution in [0.15, 0.2) is 9.59 Å². The highest BCUT2D eigenvalue weighted by atomic mass is 17.1. The lowest BCUT2D eigenvalue weighted by Crippen LogP contribution is -2.44. The molecule has 20 heavy (non-hydrogen) atoms. The Morgan fingerprint density at radius 1 is 1.50 bits per heavy atom. The zero-order chi connectivity index (χ0) is 15.0. The van der Waals surface area contributed by atoms with Gasteiger partial charge in [0.2, 0.25) is 0 Å². The summed E-state index contributed by atoms with van der Waals surface area (Å²) in [4.78, 5) is 30.1. The summed E-state index contributed by atoms with van der Waals surface area (Å²) in [6.45, 7) is 0.828. The lowest BCUT2D eigenvalue weighted by Gasteiger charge is -2.17. The van der Waals surface area contributed by atoms with Crippen molar-refractivity contribution in [2.24, 2.45) is 0 Å². The van der Waals surface area contributed by atoms with E-state index in [1.165, 1.54) is 6.92 Å². The van der Waals surface area contributed by atoms with Crippen molar-refractivity contribution >= 4 is 5.82 Å². The van der Waals surface area contributed by atoms with Crippen LogP contribution in [0.4, 0.5) is 5.82 Å². The minimum Gasteiger partial charge on any atom is -0.394 e. The predicted molar refractivity (Wildman–Crippen MR) is 65.0 cm³/mol. The molecule has 112 valence electrons. The molecule has 4 atom stereocenters. The van der Waals surface area contributed by atoms with Gasteiger partial charge in [0.15, 0.2) is 12.3 Å². The standard InChI is InChI=1S/C10H15N3O7/c1-3-7(11)12-10(17)13(8(3)16)9-5(15)6(20-18)4(2-14)19-9/h4-6,9,14-15,18H,2,11H2,1H3,(H,12,17)/t4-,5-,6-,9?/m1/s1. The molecule has 1 unspecified atom stereocenters. The van der Waals surface area contributed by atoms with E-state index in [2.05, 4.69) is 9.87 Å². The van der Waals surface area contributed by atoms with Gasteiger partial charge in [-0.05, 0) is 6.92 Å². The Kier molecular flexibility index (Phi) is 3.92. The van der Waals surface area contributed by atoms with Gasteiger partial charge >= 0.3 is 5.69 Å². The van der Waals surface area contributed by atoms with Gasteiger partial charge in [0.1, 0.15) is 18.0 Å². The molecule has 0 saturated carbocycles. The lowest BCUT2D eigenvalue weighted by molar-refractivity contribution is -0.300. The largest absolute Gasteiger partial charge is 0.394 e. The summed E-state index contributed by atoms with van der Waals surface area (Å²) in [5, 5.41) is 27.7. The number of H-pyrrole nitrogens is 1. The number of anilines is 1. The molecule has 0 radical (unpaired) electrons. The Hall–Kier alpha value is -1.72. The summed E-state index contributed by atoms with van der Waals surface area (Å²) in [6.07, 6.45) is -5.28. The first-order valence-corrected chi connectivity index (χ1v) is 5.77. The average Bonchev–Trinajstić information content (AvgIpc) is 2.73. The Morgan fingerprint density at radius 3 is 2.65 bits per heavy atom. The number of aromatic amines is 1. The fraction of sp³-hybridized carbons (Fsp3) is 0.600. The first-order chi connectivity index (χ1) is 9.42. The highest BCUT2D eigenvalue weighted by molar-refractivity contribution is 5.35. The van der Waals surface area contributed by atoms with Crippen molar-refractivity contribution < 1.29 is 25.1 Å². The van der Waals surface area contributed by atoms with E-state index in [1.54, 1.807) is 0 Å². The van der Waals surface area contributed by atoms with Gasteiger partial charge in [0.05, 0.1) is 12.2 Å². The third-order valence-corrected chi connectivity index (χ3v) is 3.27. The minimum absolute atomic E-state index is 0.0781. The van der Waals surface area contributed by atoms with Gasteiger partial charge in [-0.25, -0.2) is 14.2 Å². The summed E-state index contributed by atoms with van der Waals surface area (Å²) in [5.41, 5.74) is 3.91. The molecule has 1 aliphatic rings. The molecule has 1 aromatic rings. The number of nitrogen functional groups attached to an aromatic ring is 1. The van der Waals surface area contributed by atoms with Crippen molar-refractivity contribution in [1.29, 1.82) is 0 Å². The number of hydrogen-bond acceptors (Lipinski definition) is 8. The van der Waals surface area contributed by atoms with Crippen LogP contribution in [0.2, 0.25) is 0 Å². The fourth-order valence-electron chi connectivity index (χ4n) is 2.10. The van der Waals surface area contributed by atoms with Crippen LogP contribution in [0, 0.1) is 6.92 Å². The maximum absolute atomic E-state index is 12.0. The number of aliphatic hydroxyl groups excluding tert-OH is 2. The predicted octanol–water partition coefficient (Wildman–Crippen LogP) is -2.46. The SMILES string of the molecule is Cc1c(N)[nH]c(=O)n(C2O[C@H](CO)[C@@H](OO)[C@H]2O)c1=O. The van der Waals surface area contributed by atoms with Crippen LogP contribution in [0.3, 0.4) is 0 Å². The van der Waals surface area contributed by atoms with Crippen molar-refractivity contribution in [2.45, 2.75) is 31.5 Å². The molecule has 0 aromatic carbocycles. The van der Waals surface area contributed by atoms with E-state index in [1.807, 2.05) is 0 Å². The van der Waals surface area contributed by atoms with E-state index >= 15 is 0 Å². The second kappa shape index (κ2) is 5.34. The number of ether oxygens (including phenoxy) is 1.